The van der Waals surface area contributed by atoms with E-state index < -0.39 is 35.5 Å². The largest absolute Gasteiger partial charge is 0.416 e. The Morgan fingerprint density at radius 1 is 0.789 bits per heavy atom. The Balaban J connectivity index is 1.57. The van der Waals surface area contributed by atoms with E-state index in [-0.39, 0.29) is 24.5 Å². The number of carbonyl (C=O) groups excluding carboxylic acids is 2. The molecular weight excluding hydrogens is 516 g/mol. The number of nitrogens with one attached hydrogen (secondary N) is 3. The summed E-state index contributed by atoms with van der Waals surface area (Å²) < 4.78 is 77.1. The van der Waals surface area contributed by atoms with Crippen LogP contribution >= 0.6 is 0 Å². The fourth-order valence-corrected chi connectivity index (χ4v) is 3.96. The predicted molar refractivity (Wildman–Crippen MR) is 131 cm³/mol. The number of nitrogens with zero attached hydrogens (tertiary/aromatic N) is 2. The van der Waals surface area contributed by atoms with Crippen LogP contribution in [0.25, 0.3) is 0 Å². The highest BCUT2D eigenvalue weighted by Gasteiger charge is 2.31. The van der Waals surface area contributed by atoms with Crippen LogP contribution in [-0.2, 0) is 12.4 Å². The maximum atomic E-state index is 12.9. The zero-order chi connectivity index (χ0) is 27.8. The highest BCUT2D eigenvalue weighted by atomic mass is 19.4. The van der Waals surface area contributed by atoms with Crippen LogP contribution in [0.15, 0.2) is 48.5 Å². The van der Waals surface area contributed by atoms with Gasteiger partial charge in [0.1, 0.15) is 0 Å². The molecule has 1 aliphatic heterocycles. The SMILES string of the molecule is O=C(NCCN(CCN1CCCCC1)C(=O)Nc1ccc(C(F)(F)F)cc1)Nc1cccc(C(F)(F)F)c1. The van der Waals surface area contributed by atoms with Crippen LogP contribution < -0.4 is 16.0 Å². The highest BCUT2D eigenvalue weighted by molar-refractivity contribution is 5.90. The summed E-state index contributed by atoms with van der Waals surface area (Å²) in [4.78, 5) is 28.7. The lowest BCUT2D eigenvalue weighted by atomic mass is 10.1. The van der Waals surface area contributed by atoms with Crippen molar-refractivity contribution in [1.29, 1.82) is 0 Å². The van der Waals surface area contributed by atoms with Crippen LogP contribution in [-0.4, -0.2) is 61.1 Å². The summed E-state index contributed by atoms with van der Waals surface area (Å²) in [5, 5.41) is 7.41. The molecule has 0 unspecified atom stereocenters. The minimum Gasteiger partial charge on any atom is -0.336 e. The minimum absolute atomic E-state index is 0.00870. The Hall–Kier alpha value is -3.48. The molecule has 1 saturated heterocycles. The molecule has 208 valence electrons. The van der Waals surface area contributed by atoms with Crippen molar-refractivity contribution < 1.29 is 35.9 Å². The van der Waals surface area contributed by atoms with Crippen LogP contribution in [0.3, 0.4) is 0 Å². The van der Waals surface area contributed by atoms with Crippen molar-refractivity contribution in [3.05, 3.63) is 59.7 Å². The number of likely N-dealkylation sites (tertiary alicyclic amines) is 1. The molecule has 0 aromatic heterocycles. The van der Waals surface area contributed by atoms with Gasteiger partial charge in [0, 0.05) is 37.6 Å². The quantitative estimate of drug-likeness (QED) is 0.364. The van der Waals surface area contributed by atoms with Gasteiger partial charge in [-0.05, 0) is 68.4 Å². The van der Waals surface area contributed by atoms with Crippen molar-refractivity contribution in [2.24, 2.45) is 0 Å². The molecule has 7 nitrogen and oxygen atoms in total. The number of benzene rings is 2. The maximum Gasteiger partial charge on any atom is 0.416 e. The summed E-state index contributed by atoms with van der Waals surface area (Å²) in [5.41, 5.74) is -1.60. The van der Waals surface area contributed by atoms with Gasteiger partial charge in [0.2, 0.25) is 0 Å². The third-order valence-electron chi connectivity index (χ3n) is 6.00. The summed E-state index contributed by atoms with van der Waals surface area (Å²) in [7, 11) is 0. The number of halogens is 6. The number of hydrogen-bond donors (Lipinski definition) is 3. The van der Waals surface area contributed by atoms with E-state index in [1.165, 1.54) is 17.0 Å². The molecular formula is C25H29F6N5O2. The van der Waals surface area contributed by atoms with E-state index in [9.17, 15) is 35.9 Å². The summed E-state index contributed by atoms with van der Waals surface area (Å²) in [5.74, 6) is 0. The molecule has 1 aliphatic rings. The highest BCUT2D eigenvalue weighted by Crippen LogP contribution is 2.31. The number of anilines is 2. The van der Waals surface area contributed by atoms with Gasteiger partial charge in [-0.1, -0.05) is 12.5 Å². The number of piperidine rings is 1. The molecule has 13 heteroatoms. The Morgan fingerprint density at radius 3 is 2.08 bits per heavy atom. The molecule has 3 rings (SSSR count). The first-order valence-electron chi connectivity index (χ1n) is 12.1. The van der Waals surface area contributed by atoms with Gasteiger partial charge in [0.25, 0.3) is 0 Å². The number of carbonyl (C=O) groups is 2. The van der Waals surface area contributed by atoms with Crippen molar-refractivity contribution in [2.75, 3.05) is 49.9 Å². The van der Waals surface area contributed by atoms with E-state index in [0.29, 0.717) is 13.1 Å². The second-order valence-electron chi connectivity index (χ2n) is 8.85. The molecule has 0 spiro atoms. The molecule has 0 bridgehead atoms. The topological polar surface area (TPSA) is 76.7 Å². The van der Waals surface area contributed by atoms with Crippen LogP contribution in [0.5, 0.6) is 0 Å². The lowest BCUT2D eigenvalue weighted by Crippen LogP contribution is -2.45. The predicted octanol–water partition coefficient (Wildman–Crippen LogP) is 5.87. The van der Waals surface area contributed by atoms with E-state index in [2.05, 4.69) is 20.9 Å². The summed E-state index contributed by atoms with van der Waals surface area (Å²) in [6, 6.07) is 6.93. The van der Waals surface area contributed by atoms with E-state index >= 15 is 0 Å². The van der Waals surface area contributed by atoms with Crippen LogP contribution in [0.1, 0.15) is 30.4 Å². The van der Waals surface area contributed by atoms with Gasteiger partial charge < -0.3 is 25.8 Å². The Bertz CT molecular complexity index is 1070. The van der Waals surface area contributed by atoms with Crippen molar-refractivity contribution in [3.8, 4) is 0 Å². The van der Waals surface area contributed by atoms with E-state index in [1.54, 1.807) is 0 Å². The first-order chi connectivity index (χ1) is 17.9. The fourth-order valence-electron chi connectivity index (χ4n) is 3.96. The molecule has 4 amide bonds. The summed E-state index contributed by atoms with van der Waals surface area (Å²) in [6.45, 7) is 2.74. The maximum absolute atomic E-state index is 12.9. The molecule has 38 heavy (non-hydrogen) atoms. The fraction of sp³-hybridized carbons (Fsp3) is 0.440. The first kappa shape index (κ1) is 29.1. The van der Waals surface area contributed by atoms with Crippen molar-refractivity contribution in [2.45, 2.75) is 31.6 Å². The molecule has 2 aromatic carbocycles. The standard InChI is InChI=1S/C25H29F6N5O2/c26-24(27,28)18-7-9-20(10-8-18)34-23(38)36(16-15-35-12-2-1-3-13-35)14-11-32-22(37)33-21-6-4-5-19(17-21)25(29,30)31/h4-10,17H,1-3,11-16H2,(H,34,38)(H2,32,33,37). The Labute approximate surface area is 216 Å². The molecule has 0 aliphatic carbocycles. The molecule has 0 radical (unpaired) electrons. The van der Waals surface area contributed by atoms with Crippen molar-refractivity contribution in [3.63, 3.8) is 0 Å². The van der Waals surface area contributed by atoms with Gasteiger partial charge in [-0.15, -0.1) is 0 Å². The number of rotatable bonds is 8. The van der Waals surface area contributed by atoms with Gasteiger partial charge in [-0.2, -0.15) is 26.3 Å². The third kappa shape index (κ3) is 9.12. The van der Waals surface area contributed by atoms with E-state index in [4.69, 9.17) is 0 Å². The average Bonchev–Trinajstić information content (AvgIpc) is 2.86. The zero-order valence-electron chi connectivity index (χ0n) is 20.5. The second kappa shape index (κ2) is 12.9. The lowest BCUT2D eigenvalue weighted by molar-refractivity contribution is -0.138. The molecule has 3 N–H and O–H groups in total. The molecule has 1 heterocycles. The molecule has 1 fully saturated rings. The van der Waals surface area contributed by atoms with Gasteiger partial charge >= 0.3 is 24.4 Å². The zero-order valence-corrected chi connectivity index (χ0v) is 20.5. The Kier molecular flexibility index (Phi) is 9.84. The van der Waals surface area contributed by atoms with Crippen molar-refractivity contribution >= 4 is 23.4 Å². The molecule has 0 atom stereocenters. The molecule has 2 aromatic rings. The van der Waals surface area contributed by atoms with Crippen LogP contribution in [0.2, 0.25) is 0 Å². The van der Waals surface area contributed by atoms with Gasteiger partial charge in [0.05, 0.1) is 11.1 Å². The monoisotopic (exact) mass is 545 g/mol. The summed E-state index contributed by atoms with van der Waals surface area (Å²) in [6.07, 6.45) is -5.81. The number of hydrogen-bond acceptors (Lipinski definition) is 3. The van der Waals surface area contributed by atoms with Gasteiger partial charge in [0.15, 0.2) is 0 Å². The van der Waals surface area contributed by atoms with E-state index in [0.717, 1.165) is 68.8 Å². The van der Waals surface area contributed by atoms with Crippen LogP contribution in [0.4, 0.5) is 47.3 Å². The number of amides is 4. The first-order valence-corrected chi connectivity index (χ1v) is 12.1. The van der Waals surface area contributed by atoms with Gasteiger partial charge in [-0.25, -0.2) is 9.59 Å². The average molecular weight is 546 g/mol. The number of urea groups is 2. The molecule has 0 saturated carbocycles. The smallest absolute Gasteiger partial charge is 0.336 e. The van der Waals surface area contributed by atoms with E-state index in [1.807, 2.05) is 0 Å². The third-order valence-corrected chi connectivity index (χ3v) is 6.00. The van der Waals surface area contributed by atoms with Gasteiger partial charge in [-0.3, -0.25) is 0 Å². The minimum atomic E-state index is -4.55. The summed E-state index contributed by atoms with van der Waals surface area (Å²) >= 11 is 0. The van der Waals surface area contributed by atoms with Crippen LogP contribution in [0, 0.1) is 0 Å². The van der Waals surface area contributed by atoms with Crippen molar-refractivity contribution in [1.82, 2.24) is 15.1 Å². The normalized spacial score (nSPS) is 14.6. The Morgan fingerprint density at radius 2 is 1.45 bits per heavy atom. The second-order valence-corrected chi connectivity index (χ2v) is 8.85. The number of alkyl halides is 6. The lowest BCUT2D eigenvalue weighted by Gasteiger charge is -2.30.